The molecule has 0 bridgehead atoms. The number of carbonyl (C=O) groups is 1. The van der Waals surface area contributed by atoms with Gasteiger partial charge in [-0.2, -0.15) is 0 Å². The summed E-state index contributed by atoms with van der Waals surface area (Å²) in [6.07, 6.45) is 0.505. The lowest BCUT2D eigenvalue weighted by atomic mass is 10.2. The van der Waals surface area contributed by atoms with E-state index in [1.54, 1.807) is 24.3 Å². The first-order chi connectivity index (χ1) is 5.17. The van der Waals surface area contributed by atoms with Crippen LogP contribution in [0, 0.1) is 0 Å². The predicted octanol–water partition coefficient (Wildman–Crippen LogP) is 2.52. The molecule has 0 aliphatic heterocycles. The van der Waals surface area contributed by atoms with E-state index < -0.39 is 4.33 Å². The highest BCUT2D eigenvalue weighted by Crippen LogP contribution is 2.30. The lowest BCUT2D eigenvalue weighted by Gasteiger charge is -2.10. The molecule has 11 heavy (non-hydrogen) atoms. The maximum absolute atomic E-state index is 10.4. The second-order valence-corrected chi connectivity index (χ2v) is 3.49. The van der Waals surface area contributed by atoms with Gasteiger partial charge >= 0.3 is 0 Å². The fraction of sp³-hybridized carbons (Fsp3) is 0.125. The van der Waals surface area contributed by atoms with Gasteiger partial charge in [0.05, 0.1) is 0 Å². The van der Waals surface area contributed by atoms with Crippen molar-refractivity contribution in [1.29, 1.82) is 0 Å². The van der Waals surface area contributed by atoms with Crippen LogP contribution in [0.25, 0.3) is 0 Å². The molecule has 1 aromatic rings. The molecule has 0 aromatic heterocycles. The molecule has 0 saturated heterocycles. The van der Waals surface area contributed by atoms with Gasteiger partial charge in [-0.1, -0.05) is 53.5 Å². The Kier molecular flexibility index (Phi) is 2.53. The molecule has 0 atom stereocenters. The molecule has 0 spiro atoms. The summed E-state index contributed by atoms with van der Waals surface area (Å²) in [4.78, 5) is 10.4. The average Bonchev–Trinajstić information content (AvgIpc) is 2.06. The molecule has 0 heterocycles. The fourth-order valence-electron chi connectivity index (χ4n) is 0.728. The van der Waals surface area contributed by atoms with Crippen molar-refractivity contribution >= 4 is 29.5 Å². The Labute approximate surface area is 74.9 Å². The summed E-state index contributed by atoms with van der Waals surface area (Å²) < 4.78 is -1.40. The van der Waals surface area contributed by atoms with E-state index in [1.807, 2.05) is 6.07 Å². The van der Waals surface area contributed by atoms with Crippen LogP contribution >= 0.6 is 23.2 Å². The number of alkyl halides is 2. The Balaban J connectivity index is 3.02. The standard InChI is InChI=1S/C8H6Cl2O/c9-8(10,6-11)7-4-2-1-3-5-7/h1-6H. The molecule has 0 fully saturated rings. The molecule has 0 amide bonds. The zero-order chi connectivity index (χ0) is 8.32. The van der Waals surface area contributed by atoms with Crippen LogP contribution < -0.4 is 0 Å². The zero-order valence-electron chi connectivity index (χ0n) is 5.63. The molecular weight excluding hydrogens is 183 g/mol. The van der Waals surface area contributed by atoms with Crippen LogP contribution in [0.4, 0.5) is 0 Å². The molecule has 0 aliphatic rings. The van der Waals surface area contributed by atoms with Crippen molar-refractivity contribution in [1.82, 2.24) is 0 Å². The summed E-state index contributed by atoms with van der Waals surface area (Å²) in [5.74, 6) is 0. The lowest BCUT2D eigenvalue weighted by molar-refractivity contribution is -0.108. The first-order valence-electron chi connectivity index (χ1n) is 3.06. The molecule has 0 radical (unpaired) electrons. The number of rotatable bonds is 2. The molecule has 3 heteroatoms. The Hall–Kier alpha value is -0.530. The summed E-state index contributed by atoms with van der Waals surface area (Å²) in [5, 5.41) is 0. The third-order valence-electron chi connectivity index (χ3n) is 1.31. The van der Waals surface area contributed by atoms with E-state index >= 15 is 0 Å². The minimum Gasteiger partial charge on any atom is -0.300 e. The first kappa shape index (κ1) is 8.57. The van der Waals surface area contributed by atoms with Gasteiger partial charge in [-0.3, -0.25) is 4.79 Å². The zero-order valence-corrected chi connectivity index (χ0v) is 7.14. The minimum absolute atomic E-state index is 0.505. The Morgan fingerprint density at radius 1 is 1.18 bits per heavy atom. The van der Waals surface area contributed by atoms with Crippen molar-refractivity contribution in [2.24, 2.45) is 0 Å². The van der Waals surface area contributed by atoms with Crippen LogP contribution in [0.3, 0.4) is 0 Å². The monoisotopic (exact) mass is 188 g/mol. The van der Waals surface area contributed by atoms with Crippen LogP contribution in [0.1, 0.15) is 5.56 Å². The normalized spacial score (nSPS) is 11.1. The summed E-state index contributed by atoms with van der Waals surface area (Å²) in [6, 6.07) is 8.79. The van der Waals surface area contributed by atoms with Crippen LogP contribution in [0.5, 0.6) is 0 Å². The quantitative estimate of drug-likeness (QED) is 0.516. The highest BCUT2D eigenvalue weighted by molar-refractivity contribution is 6.55. The maximum Gasteiger partial charge on any atom is 0.197 e. The topological polar surface area (TPSA) is 17.1 Å². The molecule has 58 valence electrons. The summed E-state index contributed by atoms with van der Waals surface area (Å²) >= 11 is 11.3. The van der Waals surface area contributed by atoms with E-state index in [9.17, 15) is 4.79 Å². The third kappa shape index (κ3) is 1.95. The molecule has 0 aliphatic carbocycles. The molecule has 1 rings (SSSR count). The van der Waals surface area contributed by atoms with Crippen molar-refractivity contribution in [2.45, 2.75) is 4.33 Å². The minimum atomic E-state index is -1.40. The average molecular weight is 189 g/mol. The van der Waals surface area contributed by atoms with Gasteiger partial charge in [0.15, 0.2) is 10.6 Å². The maximum atomic E-state index is 10.4. The molecule has 0 unspecified atom stereocenters. The summed E-state index contributed by atoms with van der Waals surface area (Å²) in [6.45, 7) is 0. The van der Waals surface area contributed by atoms with Gasteiger partial charge in [0.2, 0.25) is 0 Å². The van der Waals surface area contributed by atoms with Crippen molar-refractivity contribution in [3.05, 3.63) is 35.9 Å². The van der Waals surface area contributed by atoms with Crippen molar-refractivity contribution in [3.63, 3.8) is 0 Å². The van der Waals surface area contributed by atoms with E-state index in [0.29, 0.717) is 11.8 Å². The van der Waals surface area contributed by atoms with Crippen LogP contribution in [-0.4, -0.2) is 6.29 Å². The molecule has 0 saturated carbocycles. The van der Waals surface area contributed by atoms with Gasteiger partial charge in [-0.25, -0.2) is 0 Å². The van der Waals surface area contributed by atoms with Crippen molar-refractivity contribution < 1.29 is 4.79 Å². The summed E-state index contributed by atoms with van der Waals surface area (Å²) in [7, 11) is 0. The smallest absolute Gasteiger partial charge is 0.197 e. The third-order valence-corrected chi connectivity index (χ3v) is 1.92. The second-order valence-electron chi connectivity index (χ2n) is 2.11. The number of aldehydes is 1. The second kappa shape index (κ2) is 3.24. The van der Waals surface area contributed by atoms with E-state index in [-0.39, 0.29) is 0 Å². The number of hydrogen-bond donors (Lipinski definition) is 0. The molecule has 1 nitrogen and oxygen atoms in total. The van der Waals surface area contributed by atoms with E-state index in [4.69, 9.17) is 23.2 Å². The largest absolute Gasteiger partial charge is 0.300 e. The van der Waals surface area contributed by atoms with Gasteiger partial charge in [0, 0.05) is 0 Å². The SMILES string of the molecule is O=CC(Cl)(Cl)c1ccccc1. The van der Waals surface area contributed by atoms with E-state index in [1.165, 1.54) is 0 Å². The number of benzene rings is 1. The molecule has 1 aromatic carbocycles. The first-order valence-corrected chi connectivity index (χ1v) is 3.82. The van der Waals surface area contributed by atoms with Crippen molar-refractivity contribution in [2.75, 3.05) is 0 Å². The van der Waals surface area contributed by atoms with Crippen LogP contribution in [0.15, 0.2) is 30.3 Å². The molecule has 0 N–H and O–H groups in total. The number of carbonyl (C=O) groups excluding carboxylic acids is 1. The highest BCUT2D eigenvalue weighted by Gasteiger charge is 2.24. The summed E-state index contributed by atoms with van der Waals surface area (Å²) in [5.41, 5.74) is 0.596. The predicted molar refractivity (Wildman–Crippen MR) is 45.9 cm³/mol. The van der Waals surface area contributed by atoms with E-state index in [0.717, 1.165) is 0 Å². The Morgan fingerprint density at radius 2 is 1.73 bits per heavy atom. The van der Waals surface area contributed by atoms with Gasteiger partial charge in [0.1, 0.15) is 0 Å². The number of halogens is 2. The fourth-order valence-corrected chi connectivity index (χ4v) is 0.980. The van der Waals surface area contributed by atoms with Gasteiger partial charge in [-0.15, -0.1) is 0 Å². The van der Waals surface area contributed by atoms with Crippen LogP contribution in [-0.2, 0) is 9.13 Å². The van der Waals surface area contributed by atoms with E-state index in [2.05, 4.69) is 0 Å². The van der Waals surface area contributed by atoms with Crippen molar-refractivity contribution in [3.8, 4) is 0 Å². The van der Waals surface area contributed by atoms with Crippen LogP contribution in [0.2, 0.25) is 0 Å². The lowest BCUT2D eigenvalue weighted by Crippen LogP contribution is -2.10. The number of hydrogen-bond acceptors (Lipinski definition) is 1. The highest BCUT2D eigenvalue weighted by atomic mass is 35.5. The van der Waals surface area contributed by atoms with Gasteiger partial charge in [0.25, 0.3) is 0 Å². The van der Waals surface area contributed by atoms with Gasteiger partial charge in [-0.05, 0) is 5.56 Å². The Morgan fingerprint density at radius 3 is 2.18 bits per heavy atom. The molecular formula is C8H6Cl2O. The Bertz CT molecular complexity index is 244. The van der Waals surface area contributed by atoms with Gasteiger partial charge < -0.3 is 0 Å².